The molecule has 1 aromatic heterocycles. The van der Waals surface area contributed by atoms with Crippen LogP contribution in [-0.4, -0.2) is 14.6 Å². The monoisotopic (exact) mass is 256 g/mol. The van der Waals surface area contributed by atoms with Crippen molar-refractivity contribution in [3.05, 3.63) is 21.9 Å². The third-order valence-electron chi connectivity index (χ3n) is 3.28. The molecule has 0 atom stereocenters. The third-order valence-corrected chi connectivity index (χ3v) is 8.65. The van der Waals surface area contributed by atoms with Gasteiger partial charge in [-0.3, -0.25) is 4.79 Å². The topological polar surface area (TPSA) is 26.3 Å². The van der Waals surface area contributed by atoms with Gasteiger partial charge in [-0.05, 0) is 35.1 Å². The molecule has 0 aromatic carbocycles. The molecule has 0 saturated heterocycles. The molecule has 0 saturated carbocycles. The quantitative estimate of drug-likeness (QED) is 0.599. The summed E-state index contributed by atoms with van der Waals surface area (Å²) in [6.07, 6.45) is 0.912. The Bertz CT molecular complexity index is 363. The lowest BCUT2D eigenvalue weighted by Gasteiger charge is -2.36. The molecule has 1 heterocycles. The molecule has 1 aromatic rings. The molecule has 0 spiro atoms. The maximum Gasteiger partial charge on any atom is 0.192 e. The van der Waals surface area contributed by atoms with E-state index in [1.54, 1.807) is 0 Å². The molecule has 0 amide bonds. The van der Waals surface area contributed by atoms with Gasteiger partial charge in [0, 0.05) is 0 Å². The van der Waals surface area contributed by atoms with Crippen molar-refractivity contribution in [2.45, 2.75) is 45.5 Å². The number of hydrogen-bond donors (Lipinski definition) is 0. The Morgan fingerprint density at radius 2 is 2.06 bits per heavy atom. The second-order valence-electron chi connectivity index (χ2n) is 5.48. The molecule has 0 bridgehead atoms. The van der Waals surface area contributed by atoms with E-state index in [0.717, 1.165) is 16.7 Å². The molecule has 0 N–H and O–H groups in total. The molecule has 4 heteroatoms. The van der Waals surface area contributed by atoms with Gasteiger partial charge < -0.3 is 4.43 Å². The van der Waals surface area contributed by atoms with E-state index < -0.39 is 8.32 Å². The second kappa shape index (κ2) is 4.81. The van der Waals surface area contributed by atoms with Gasteiger partial charge in [0.1, 0.15) is 0 Å². The minimum Gasteiger partial charge on any atom is -0.413 e. The fourth-order valence-electron chi connectivity index (χ4n) is 1.04. The van der Waals surface area contributed by atoms with E-state index in [4.69, 9.17) is 4.43 Å². The van der Waals surface area contributed by atoms with Crippen LogP contribution in [0.5, 0.6) is 0 Å². The van der Waals surface area contributed by atoms with Gasteiger partial charge in [-0.2, -0.15) is 0 Å². The number of thiophene rings is 1. The number of carbonyl (C=O) groups is 1. The Morgan fingerprint density at radius 3 is 2.56 bits per heavy atom. The highest BCUT2D eigenvalue weighted by Crippen LogP contribution is 2.37. The maximum absolute atomic E-state index is 10.8. The van der Waals surface area contributed by atoms with E-state index in [0.29, 0.717) is 6.61 Å². The van der Waals surface area contributed by atoms with Crippen molar-refractivity contribution >= 4 is 25.9 Å². The number of aldehydes is 1. The summed E-state index contributed by atoms with van der Waals surface area (Å²) < 4.78 is 6.07. The largest absolute Gasteiger partial charge is 0.413 e. The average Bonchev–Trinajstić information content (AvgIpc) is 2.60. The lowest BCUT2D eigenvalue weighted by Crippen LogP contribution is -2.40. The van der Waals surface area contributed by atoms with Crippen LogP contribution in [0.4, 0.5) is 0 Å². The summed E-state index contributed by atoms with van der Waals surface area (Å²) in [5.41, 5.74) is 1.02. The van der Waals surface area contributed by atoms with Crippen molar-refractivity contribution in [1.82, 2.24) is 0 Å². The van der Waals surface area contributed by atoms with Gasteiger partial charge in [-0.15, -0.1) is 11.3 Å². The Kier molecular flexibility index (Phi) is 4.10. The lowest BCUT2D eigenvalue weighted by atomic mass is 10.2. The summed E-state index contributed by atoms with van der Waals surface area (Å²) in [5.74, 6) is 0. The molecule has 90 valence electrons. The fraction of sp³-hybridized carbons (Fsp3) is 0.583. The first-order valence-electron chi connectivity index (χ1n) is 5.43. The Balaban J connectivity index is 2.68. The Morgan fingerprint density at radius 1 is 1.44 bits per heavy atom. The van der Waals surface area contributed by atoms with Crippen LogP contribution in [0.15, 0.2) is 11.4 Å². The molecule has 0 aliphatic carbocycles. The zero-order valence-electron chi connectivity index (χ0n) is 10.7. The van der Waals surface area contributed by atoms with Crippen molar-refractivity contribution in [2.75, 3.05) is 0 Å². The summed E-state index contributed by atoms with van der Waals surface area (Å²) in [5, 5.41) is 2.15. The average molecular weight is 256 g/mol. The number of rotatable bonds is 4. The highest BCUT2D eigenvalue weighted by molar-refractivity contribution is 7.11. The van der Waals surface area contributed by atoms with Crippen LogP contribution in [0.2, 0.25) is 18.1 Å². The smallest absolute Gasteiger partial charge is 0.192 e. The van der Waals surface area contributed by atoms with Crippen molar-refractivity contribution in [1.29, 1.82) is 0 Å². The summed E-state index contributed by atoms with van der Waals surface area (Å²) in [7, 11) is -1.71. The summed E-state index contributed by atoms with van der Waals surface area (Å²) >= 11 is 1.47. The summed E-state index contributed by atoms with van der Waals surface area (Å²) in [6, 6.07) is 1.97. The normalized spacial score (nSPS) is 12.8. The van der Waals surface area contributed by atoms with Gasteiger partial charge >= 0.3 is 0 Å². The van der Waals surface area contributed by atoms with E-state index in [1.165, 1.54) is 11.3 Å². The van der Waals surface area contributed by atoms with Crippen LogP contribution in [0, 0.1) is 0 Å². The molecule has 0 fully saturated rings. The van der Waals surface area contributed by atoms with Gasteiger partial charge in [0.2, 0.25) is 0 Å². The predicted molar refractivity (Wildman–Crippen MR) is 71.7 cm³/mol. The number of hydrogen-bond acceptors (Lipinski definition) is 3. The van der Waals surface area contributed by atoms with Crippen molar-refractivity contribution in [2.24, 2.45) is 0 Å². The zero-order chi connectivity index (χ0) is 12.4. The first-order chi connectivity index (χ1) is 7.28. The van der Waals surface area contributed by atoms with E-state index >= 15 is 0 Å². The first kappa shape index (κ1) is 13.6. The van der Waals surface area contributed by atoms with Crippen molar-refractivity contribution in [3.63, 3.8) is 0 Å². The minimum atomic E-state index is -1.71. The molecular formula is C12H20O2SSi. The van der Waals surface area contributed by atoms with Gasteiger partial charge in [-0.25, -0.2) is 0 Å². The SMILES string of the molecule is CC(C)(C)[Si](C)(C)OCc1ccsc1C=O. The maximum atomic E-state index is 10.8. The highest BCUT2D eigenvalue weighted by atomic mass is 32.1. The van der Waals surface area contributed by atoms with E-state index in [1.807, 2.05) is 11.4 Å². The molecule has 0 unspecified atom stereocenters. The summed E-state index contributed by atoms with van der Waals surface area (Å²) in [6.45, 7) is 11.7. The first-order valence-corrected chi connectivity index (χ1v) is 9.22. The molecule has 0 radical (unpaired) electrons. The Labute approximate surface area is 103 Å². The van der Waals surface area contributed by atoms with Crippen LogP contribution in [0.25, 0.3) is 0 Å². The standard InChI is InChI=1S/C12H20O2SSi/c1-12(2,3)16(4,5)14-9-10-6-7-15-11(10)8-13/h6-8H,9H2,1-5H3. The van der Waals surface area contributed by atoms with Crippen molar-refractivity contribution in [3.8, 4) is 0 Å². The molecule has 0 aliphatic rings. The van der Waals surface area contributed by atoms with E-state index in [-0.39, 0.29) is 5.04 Å². The van der Waals surface area contributed by atoms with Crippen LogP contribution < -0.4 is 0 Å². The Hall–Kier alpha value is -0.453. The minimum absolute atomic E-state index is 0.213. The lowest BCUT2D eigenvalue weighted by molar-refractivity contribution is 0.112. The van der Waals surface area contributed by atoms with Crippen molar-refractivity contribution < 1.29 is 9.22 Å². The predicted octanol–water partition coefficient (Wildman–Crippen LogP) is 4.08. The van der Waals surface area contributed by atoms with Gasteiger partial charge in [0.05, 0.1) is 11.5 Å². The van der Waals surface area contributed by atoms with E-state index in [9.17, 15) is 4.79 Å². The second-order valence-corrected chi connectivity index (χ2v) is 11.2. The van der Waals surface area contributed by atoms with Gasteiger partial charge in [0.15, 0.2) is 14.6 Å². The van der Waals surface area contributed by atoms with Crippen LogP contribution >= 0.6 is 11.3 Å². The molecule has 0 aliphatic heterocycles. The number of carbonyl (C=O) groups excluding carboxylic acids is 1. The summed E-state index contributed by atoms with van der Waals surface area (Å²) in [4.78, 5) is 11.6. The molecular weight excluding hydrogens is 236 g/mol. The zero-order valence-corrected chi connectivity index (χ0v) is 12.5. The van der Waals surface area contributed by atoms with E-state index in [2.05, 4.69) is 33.9 Å². The van der Waals surface area contributed by atoms with Crippen LogP contribution in [0.1, 0.15) is 36.0 Å². The highest BCUT2D eigenvalue weighted by Gasteiger charge is 2.37. The molecule has 16 heavy (non-hydrogen) atoms. The third kappa shape index (κ3) is 3.03. The molecule has 2 nitrogen and oxygen atoms in total. The van der Waals surface area contributed by atoms with Gasteiger partial charge in [0.25, 0.3) is 0 Å². The molecule has 1 rings (SSSR count). The van der Waals surface area contributed by atoms with Gasteiger partial charge in [-0.1, -0.05) is 20.8 Å². The fourth-order valence-corrected chi connectivity index (χ4v) is 2.71. The van der Waals surface area contributed by atoms with Crippen LogP contribution in [0.3, 0.4) is 0 Å². The van der Waals surface area contributed by atoms with Crippen LogP contribution in [-0.2, 0) is 11.0 Å².